The summed E-state index contributed by atoms with van der Waals surface area (Å²) in [6.45, 7) is 4.37. The molecular weight excluding hydrogens is 138 g/mol. The highest BCUT2D eigenvalue weighted by molar-refractivity contribution is 4.87. The maximum atomic E-state index is 8.31. The molecule has 62 valence electrons. The molecule has 1 fully saturated rings. The lowest BCUT2D eigenvalue weighted by Crippen LogP contribution is -2.30. The van der Waals surface area contributed by atoms with E-state index in [2.05, 4.69) is 23.9 Å². The van der Waals surface area contributed by atoms with Crippen LogP contribution in [0.5, 0.6) is 0 Å². The molecule has 0 aromatic heterocycles. The van der Waals surface area contributed by atoms with E-state index in [1.807, 2.05) is 0 Å². The normalized spacial score (nSPS) is 29.1. The van der Waals surface area contributed by atoms with Gasteiger partial charge >= 0.3 is 0 Å². The van der Waals surface area contributed by atoms with E-state index in [1.54, 1.807) is 0 Å². The molecule has 0 aliphatic heterocycles. The average Bonchev–Trinajstić information content (AvgIpc) is 1.94. The van der Waals surface area contributed by atoms with Crippen LogP contribution in [0.4, 0.5) is 0 Å². The number of rotatable bonds is 1. The second kappa shape index (κ2) is 3.14. The van der Waals surface area contributed by atoms with Gasteiger partial charge in [0, 0.05) is 11.0 Å². The predicted octanol–water partition coefficient (Wildman–Crippen LogP) is 3.27. The molecule has 0 saturated heterocycles. The fourth-order valence-electron chi connectivity index (χ4n) is 1.75. The monoisotopic (exact) mass is 153 g/mol. The molecule has 1 aliphatic carbocycles. The smallest absolute Gasteiger partial charge is 0.0425 e. The van der Waals surface area contributed by atoms with Gasteiger partial charge in [0.25, 0.3) is 0 Å². The van der Waals surface area contributed by atoms with Crippen molar-refractivity contribution in [2.75, 3.05) is 0 Å². The third-order valence-corrected chi connectivity index (χ3v) is 2.64. The Morgan fingerprint density at radius 3 is 2.73 bits per heavy atom. The molecule has 0 aromatic carbocycles. The zero-order chi connectivity index (χ0) is 8.32. The molecule has 1 saturated carbocycles. The van der Waals surface area contributed by atoms with Gasteiger partial charge in [0.1, 0.15) is 0 Å². The van der Waals surface area contributed by atoms with Crippen LogP contribution in [0.25, 0.3) is 10.4 Å². The van der Waals surface area contributed by atoms with E-state index in [9.17, 15) is 0 Å². The van der Waals surface area contributed by atoms with E-state index in [0.29, 0.717) is 0 Å². The van der Waals surface area contributed by atoms with Crippen LogP contribution in [-0.2, 0) is 0 Å². The Morgan fingerprint density at radius 1 is 1.45 bits per heavy atom. The summed E-state index contributed by atoms with van der Waals surface area (Å²) >= 11 is 0. The van der Waals surface area contributed by atoms with Crippen LogP contribution in [0.3, 0.4) is 0 Å². The SMILES string of the molecule is CC1(C)CCCCC1N=[N+]=[N-]. The van der Waals surface area contributed by atoms with Crippen molar-refractivity contribution in [3.8, 4) is 0 Å². The van der Waals surface area contributed by atoms with Gasteiger partial charge in [0.15, 0.2) is 0 Å². The van der Waals surface area contributed by atoms with E-state index in [4.69, 9.17) is 5.53 Å². The summed E-state index contributed by atoms with van der Waals surface area (Å²) in [5.74, 6) is 0. The topological polar surface area (TPSA) is 48.8 Å². The number of hydrogen-bond acceptors (Lipinski definition) is 1. The van der Waals surface area contributed by atoms with Gasteiger partial charge in [-0.3, -0.25) is 0 Å². The molecule has 11 heavy (non-hydrogen) atoms. The molecule has 1 atom stereocenters. The summed E-state index contributed by atoms with van der Waals surface area (Å²) in [5.41, 5.74) is 8.54. The molecular formula is C8H15N3. The van der Waals surface area contributed by atoms with Crippen LogP contribution in [0.15, 0.2) is 5.11 Å². The third-order valence-electron chi connectivity index (χ3n) is 2.64. The highest BCUT2D eigenvalue weighted by Crippen LogP contribution is 2.37. The minimum atomic E-state index is 0.223. The molecule has 0 aromatic rings. The molecule has 1 rings (SSSR count). The Balaban J connectivity index is 2.66. The highest BCUT2D eigenvalue weighted by Gasteiger charge is 2.30. The Bertz CT molecular complexity index is 180. The Hall–Kier alpha value is -0.690. The summed E-state index contributed by atoms with van der Waals surface area (Å²) in [6, 6.07) is 0.223. The molecule has 1 aliphatic rings. The maximum Gasteiger partial charge on any atom is 0.0425 e. The summed E-state index contributed by atoms with van der Waals surface area (Å²) in [6.07, 6.45) is 4.76. The molecule has 0 amide bonds. The summed E-state index contributed by atoms with van der Waals surface area (Å²) < 4.78 is 0. The molecule has 3 nitrogen and oxygen atoms in total. The fraction of sp³-hybridized carbons (Fsp3) is 1.00. The van der Waals surface area contributed by atoms with E-state index in [0.717, 1.165) is 6.42 Å². The van der Waals surface area contributed by atoms with Crippen LogP contribution >= 0.6 is 0 Å². The van der Waals surface area contributed by atoms with Gasteiger partial charge in [-0.1, -0.05) is 31.8 Å². The lowest BCUT2D eigenvalue weighted by Gasteiger charge is -2.35. The molecule has 0 spiro atoms. The zero-order valence-electron chi connectivity index (χ0n) is 7.25. The first-order valence-corrected chi connectivity index (χ1v) is 4.21. The second-order valence-corrected chi connectivity index (χ2v) is 3.96. The average molecular weight is 153 g/mol. The van der Waals surface area contributed by atoms with Crippen molar-refractivity contribution in [2.24, 2.45) is 10.5 Å². The molecule has 0 bridgehead atoms. The van der Waals surface area contributed by atoms with Crippen LogP contribution in [0, 0.1) is 5.41 Å². The van der Waals surface area contributed by atoms with Crippen molar-refractivity contribution in [3.05, 3.63) is 10.4 Å². The zero-order valence-corrected chi connectivity index (χ0v) is 7.25. The molecule has 0 N–H and O–H groups in total. The van der Waals surface area contributed by atoms with Gasteiger partial charge in [0.05, 0.1) is 0 Å². The number of azide groups is 1. The van der Waals surface area contributed by atoms with Gasteiger partial charge in [-0.25, -0.2) is 0 Å². The van der Waals surface area contributed by atoms with Crippen molar-refractivity contribution in [1.82, 2.24) is 0 Å². The summed E-state index contributed by atoms with van der Waals surface area (Å²) in [5, 5.41) is 3.82. The van der Waals surface area contributed by atoms with Crippen LogP contribution in [0.1, 0.15) is 39.5 Å². The third kappa shape index (κ3) is 1.87. The van der Waals surface area contributed by atoms with Gasteiger partial charge in [0.2, 0.25) is 0 Å². The largest absolute Gasteiger partial charge is 0.0901 e. The van der Waals surface area contributed by atoms with Gasteiger partial charge < -0.3 is 0 Å². The molecule has 3 heteroatoms. The molecule has 0 heterocycles. The van der Waals surface area contributed by atoms with Gasteiger partial charge in [-0.2, -0.15) is 0 Å². The van der Waals surface area contributed by atoms with E-state index in [-0.39, 0.29) is 11.5 Å². The highest BCUT2D eigenvalue weighted by atomic mass is 15.2. The van der Waals surface area contributed by atoms with Crippen molar-refractivity contribution in [1.29, 1.82) is 0 Å². The van der Waals surface area contributed by atoms with Crippen molar-refractivity contribution in [2.45, 2.75) is 45.6 Å². The first-order valence-electron chi connectivity index (χ1n) is 4.21. The first kappa shape index (κ1) is 8.41. The van der Waals surface area contributed by atoms with Crippen molar-refractivity contribution >= 4 is 0 Å². The number of hydrogen-bond donors (Lipinski definition) is 0. The standard InChI is InChI=1S/C8H15N3/c1-8(2)6-4-3-5-7(8)10-11-9/h7H,3-6H2,1-2H3. The quantitative estimate of drug-likeness (QED) is 0.315. The summed E-state index contributed by atoms with van der Waals surface area (Å²) in [4.78, 5) is 2.88. The van der Waals surface area contributed by atoms with E-state index in [1.165, 1.54) is 19.3 Å². The number of nitrogens with zero attached hydrogens (tertiary/aromatic N) is 3. The van der Waals surface area contributed by atoms with E-state index >= 15 is 0 Å². The van der Waals surface area contributed by atoms with Crippen molar-refractivity contribution < 1.29 is 0 Å². The predicted molar refractivity (Wildman–Crippen MR) is 45.2 cm³/mol. The molecule has 1 unspecified atom stereocenters. The minimum Gasteiger partial charge on any atom is -0.0901 e. The lowest BCUT2D eigenvalue weighted by molar-refractivity contribution is 0.202. The van der Waals surface area contributed by atoms with Crippen LogP contribution < -0.4 is 0 Å². The van der Waals surface area contributed by atoms with Gasteiger partial charge in [-0.15, -0.1) is 0 Å². The van der Waals surface area contributed by atoms with E-state index < -0.39 is 0 Å². The second-order valence-electron chi connectivity index (χ2n) is 3.96. The minimum absolute atomic E-state index is 0.223. The molecule has 0 radical (unpaired) electrons. The Kier molecular flexibility index (Phi) is 2.40. The lowest BCUT2D eigenvalue weighted by atomic mass is 9.74. The van der Waals surface area contributed by atoms with Crippen molar-refractivity contribution in [3.63, 3.8) is 0 Å². The summed E-state index contributed by atoms with van der Waals surface area (Å²) in [7, 11) is 0. The van der Waals surface area contributed by atoms with Crippen LogP contribution in [0.2, 0.25) is 0 Å². The first-order chi connectivity index (χ1) is 5.17. The Morgan fingerprint density at radius 2 is 2.18 bits per heavy atom. The maximum absolute atomic E-state index is 8.31. The van der Waals surface area contributed by atoms with Crippen LogP contribution in [-0.4, -0.2) is 6.04 Å². The van der Waals surface area contributed by atoms with Gasteiger partial charge in [-0.05, 0) is 23.8 Å². The Labute approximate surface area is 67.4 Å². The fourth-order valence-corrected chi connectivity index (χ4v) is 1.75.